The van der Waals surface area contributed by atoms with E-state index in [0.717, 1.165) is 82.6 Å². The third-order valence-corrected chi connectivity index (χ3v) is 32.7. The van der Waals surface area contributed by atoms with Crippen molar-refractivity contribution in [3.8, 4) is 11.5 Å². The van der Waals surface area contributed by atoms with E-state index in [1.54, 1.807) is 30.3 Å². The molecular formula is C98H176N12O13S. The summed E-state index contributed by atoms with van der Waals surface area (Å²) in [5.41, 5.74) is 2.37. The molecule has 0 unspecified atom stereocenters. The van der Waals surface area contributed by atoms with E-state index in [0.29, 0.717) is 66.3 Å². The SMILES string of the molecule is CN1C(C)(C)CC(OC2CC(C)(C)N(C)C(C)(C)C2)CC1(C)C.CN1C(C)(C)CC(OS(=O)(=O)OC2CC(C)(C)N(C)C(C)(C)C2)CC1(C)C.Cc1c(NC(=O)OC2CC(C)(C)N(C)C(C)(C)C2)cccc1OC(=O)NC1CC(C)(C)N(C)C(C)(C)C1.Cc1ccc(OC(=O)NC2CC(C)(C)N(C)C(C)(C)C2)cc1NC(=O)OC1CC(C)(C)N(C)C(C)(C)C1. The van der Waals surface area contributed by atoms with Gasteiger partial charge in [0.15, 0.2) is 0 Å². The van der Waals surface area contributed by atoms with Gasteiger partial charge in [0.25, 0.3) is 0 Å². The van der Waals surface area contributed by atoms with Crippen molar-refractivity contribution in [1.82, 2.24) is 49.8 Å². The summed E-state index contributed by atoms with van der Waals surface area (Å²) in [4.78, 5) is 70.3. The van der Waals surface area contributed by atoms with Crippen LogP contribution in [-0.2, 0) is 33.0 Å². The second-order valence-corrected chi connectivity index (χ2v) is 49.8. The van der Waals surface area contributed by atoms with Crippen molar-refractivity contribution in [2.24, 2.45) is 0 Å². The molecular weight excluding hydrogens is 1590 g/mol. The number of aryl methyl sites for hydroxylation is 1. The van der Waals surface area contributed by atoms with E-state index in [1.807, 2.05) is 19.9 Å². The van der Waals surface area contributed by atoms with Gasteiger partial charge in [-0.3, -0.25) is 49.8 Å². The van der Waals surface area contributed by atoms with Gasteiger partial charge in [-0.1, -0.05) is 12.1 Å². The van der Waals surface area contributed by atoms with Crippen LogP contribution in [0.5, 0.6) is 11.5 Å². The lowest BCUT2D eigenvalue weighted by atomic mass is 9.77. The first-order chi connectivity index (χ1) is 55.7. The predicted octanol–water partition coefficient (Wildman–Crippen LogP) is 19.7. The maximum atomic E-state index is 12.8. The molecule has 8 heterocycles. The van der Waals surface area contributed by atoms with E-state index < -0.39 is 34.8 Å². The summed E-state index contributed by atoms with van der Waals surface area (Å²) >= 11 is 0. The average Bonchev–Trinajstić information content (AvgIpc) is 0.765. The van der Waals surface area contributed by atoms with Gasteiger partial charge < -0.3 is 34.3 Å². The van der Waals surface area contributed by atoms with Crippen LogP contribution in [0.25, 0.3) is 0 Å². The molecule has 25 nitrogen and oxygen atoms in total. The highest BCUT2D eigenvalue weighted by atomic mass is 32.3. The molecule has 8 aliphatic heterocycles. The Hall–Kier alpha value is -4.97. The van der Waals surface area contributed by atoms with E-state index in [4.69, 9.17) is 32.1 Å². The molecule has 0 saturated carbocycles. The van der Waals surface area contributed by atoms with Crippen molar-refractivity contribution in [3.63, 3.8) is 0 Å². The highest BCUT2D eigenvalue weighted by Gasteiger charge is 2.53. The van der Waals surface area contributed by atoms with Gasteiger partial charge in [-0.25, -0.2) is 27.5 Å². The van der Waals surface area contributed by atoms with Gasteiger partial charge in [-0.2, -0.15) is 8.42 Å². The van der Waals surface area contributed by atoms with E-state index in [9.17, 15) is 27.6 Å². The molecule has 0 atom stereocenters. The zero-order valence-corrected chi connectivity index (χ0v) is 86.5. The molecule has 8 aliphatic rings. The third-order valence-electron chi connectivity index (χ3n) is 31.7. The predicted molar refractivity (Wildman–Crippen MR) is 505 cm³/mol. The fourth-order valence-corrected chi connectivity index (χ4v) is 23.6. The third kappa shape index (κ3) is 26.5. The number of nitrogens with zero attached hydrogens (tertiary/aromatic N) is 8. The Morgan fingerprint density at radius 1 is 0.306 bits per heavy atom. The lowest BCUT2D eigenvalue weighted by Crippen LogP contribution is -2.63. The highest BCUT2D eigenvalue weighted by Crippen LogP contribution is 2.48. The number of piperidine rings is 8. The summed E-state index contributed by atoms with van der Waals surface area (Å²) in [6, 6.07) is 10.5. The summed E-state index contributed by atoms with van der Waals surface area (Å²) in [6.07, 6.45) is 11.1. The Morgan fingerprint density at radius 2 is 0.548 bits per heavy atom. The van der Waals surface area contributed by atoms with Gasteiger partial charge in [0.1, 0.15) is 23.7 Å². The normalized spacial score (nSPS) is 26.6. The number of nitrogens with one attached hydrogen (secondary N) is 4. The molecule has 0 bridgehead atoms. The van der Waals surface area contributed by atoms with E-state index in [2.05, 4.69) is 338 Å². The standard InChI is InChI=1S/2C29H48N4O4.C20H40N2O4S.C20H40N2O/c1-19-12-13-21(36-24(34)30-20-15-26(2,3)32(10)27(4,5)16-20)14-23(19)31-25(35)37-22-17-28(6,7)33(11)29(8,9)18-22;1-19-22(31-25(35)36-21-17-28(6,7)33(11)29(8,9)18-21)13-12-14-23(19)37-24(34)30-20-15-26(2,3)32(10)27(4,5)16-20;1-17(2)11-15(12-18(3,4)21(17)9)25-27(23,24)26-16-13-19(5,6)22(10)20(7,8)14-16;1-17(2)11-15(12-18(3,4)21(17)9)23-16-13-19(5,6)22(10)20(7,8)14-16/h12-14,20,22H,15-18H2,1-11H3,(H,30,34)(H,31,35);12-14,20-21H,15-18H2,1-11H3,(H,30,34)(H,31,35);15-16H,11-14H2,1-10H3;15-16H,11-14H2,1-10H3. The topological polar surface area (TPSA) is 241 Å². The lowest BCUT2D eigenvalue weighted by Gasteiger charge is -2.56. The first kappa shape index (κ1) is 106. The molecule has 0 aromatic heterocycles. The van der Waals surface area contributed by atoms with E-state index >= 15 is 0 Å². The number of amides is 4. The largest absolute Gasteiger partial charge is 0.446 e. The number of benzene rings is 2. The van der Waals surface area contributed by atoms with Crippen molar-refractivity contribution in [2.45, 2.75) is 475 Å². The Kier molecular flexibility index (Phi) is 32.0. The van der Waals surface area contributed by atoms with E-state index in [-0.39, 0.29) is 125 Å². The van der Waals surface area contributed by atoms with Gasteiger partial charge in [-0.15, -0.1) is 0 Å². The Morgan fingerprint density at radius 3 is 0.831 bits per heavy atom. The Bertz CT molecular complexity index is 3760. The molecule has 2 aromatic carbocycles. The number of carbonyl (C=O) groups is 4. The molecule has 0 aliphatic carbocycles. The molecule has 712 valence electrons. The fourth-order valence-electron chi connectivity index (χ4n) is 22.6. The minimum absolute atomic E-state index is 0.00771. The van der Waals surface area contributed by atoms with Crippen LogP contribution in [0.3, 0.4) is 0 Å². The van der Waals surface area contributed by atoms with Gasteiger partial charge in [0, 0.05) is 138 Å². The molecule has 2 aromatic rings. The molecule has 26 heteroatoms. The second kappa shape index (κ2) is 37.4. The van der Waals surface area contributed by atoms with Crippen molar-refractivity contribution in [3.05, 3.63) is 47.5 Å². The first-order valence-corrected chi connectivity index (χ1v) is 47.4. The van der Waals surface area contributed by atoms with Crippen LogP contribution < -0.4 is 30.7 Å². The number of ether oxygens (including phenoxy) is 5. The van der Waals surface area contributed by atoms with Gasteiger partial charge in [-0.05, 0) is 393 Å². The monoisotopic (exact) mass is 1760 g/mol. The average molecular weight is 1760 g/mol. The zero-order chi connectivity index (χ0) is 94.8. The molecule has 4 amide bonds. The maximum absolute atomic E-state index is 12.8. The number of rotatable bonds is 14. The molecule has 10 rings (SSSR count). The quantitative estimate of drug-likeness (QED) is 0.137. The number of likely N-dealkylation sites (tertiary alicyclic amines) is 8. The number of anilines is 2. The van der Waals surface area contributed by atoms with Crippen LogP contribution in [0, 0.1) is 13.8 Å². The second-order valence-electron chi connectivity index (χ2n) is 48.6. The molecule has 4 N–H and O–H groups in total. The van der Waals surface area contributed by atoms with Crippen LogP contribution in [0.1, 0.15) is 335 Å². The summed E-state index contributed by atoms with van der Waals surface area (Å²) in [7, 11) is 13.2. The molecule has 8 fully saturated rings. The van der Waals surface area contributed by atoms with Crippen molar-refractivity contribution in [1.29, 1.82) is 0 Å². The first-order valence-electron chi connectivity index (χ1n) is 46.0. The Balaban J connectivity index is 0.000000231. The van der Waals surface area contributed by atoms with Crippen LogP contribution in [0.2, 0.25) is 0 Å². The highest BCUT2D eigenvalue weighted by molar-refractivity contribution is 7.81. The van der Waals surface area contributed by atoms with Crippen LogP contribution in [0.15, 0.2) is 36.4 Å². The fraction of sp³-hybridized carbons (Fsp3) is 0.837. The summed E-state index contributed by atoms with van der Waals surface area (Å²) < 4.78 is 66.2. The van der Waals surface area contributed by atoms with Crippen LogP contribution in [-0.4, -0.2) is 266 Å². The van der Waals surface area contributed by atoms with Crippen LogP contribution >= 0.6 is 0 Å². The maximum Gasteiger partial charge on any atom is 0.412 e. The Labute approximate surface area is 753 Å². The lowest BCUT2D eigenvalue weighted by molar-refractivity contribution is -0.153. The number of carbonyl (C=O) groups excluding carboxylic acids is 4. The molecule has 0 spiro atoms. The summed E-state index contributed by atoms with van der Waals surface area (Å²) in [5.74, 6) is 0.773. The number of hydrogen-bond acceptors (Lipinski definition) is 21. The zero-order valence-electron chi connectivity index (χ0n) is 85.7. The summed E-state index contributed by atoms with van der Waals surface area (Å²) in [6.45, 7) is 74.5. The minimum atomic E-state index is -4.05. The van der Waals surface area contributed by atoms with E-state index in [1.165, 1.54) is 0 Å². The molecule has 0 radical (unpaired) electrons. The molecule has 124 heavy (non-hydrogen) atoms. The van der Waals surface area contributed by atoms with Gasteiger partial charge in [0.05, 0.1) is 35.8 Å². The molecule has 8 saturated heterocycles. The van der Waals surface area contributed by atoms with Gasteiger partial charge in [0.2, 0.25) is 0 Å². The smallest absolute Gasteiger partial charge is 0.412 e. The van der Waals surface area contributed by atoms with Gasteiger partial charge >= 0.3 is 34.8 Å². The minimum Gasteiger partial charge on any atom is -0.446 e. The van der Waals surface area contributed by atoms with Crippen molar-refractivity contribution in [2.75, 3.05) is 67.0 Å². The number of hydrogen-bond donors (Lipinski definition) is 4. The van der Waals surface area contributed by atoms with Crippen molar-refractivity contribution >= 4 is 46.1 Å². The van der Waals surface area contributed by atoms with Crippen LogP contribution in [0.4, 0.5) is 30.6 Å². The van der Waals surface area contributed by atoms with Crippen molar-refractivity contribution < 1.29 is 59.6 Å². The summed E-state index contributed by atoms with van der Waals surface area (Å²) in [5, 5.41) is 11.8.